The summed E-state index contributed by atoms with van der Waals surface area (Å²) in [5.41, 5.74) is 4.95. The van der Waals surface area contributed by atoms with Gasteiger partial charge in [-0.3, -0.25) is 14.9 Å². The van der Waals surface area contributed by atoms with Crippen molar-refractivity contribution in [2.24, 2.45) is 11.7 Å². The first-order chi connectivity index (χ1) is 11.5. The average Bonchev–Trinajstić information content (AvgIpc) is 2.80. The molecule has 5 N–H and O–H groups in total. The third-order valence-corrected chi connectivity index (χ3v) is 4.53. The maximum Gasteiger partial charge on any atom is 0.324 e. The molecule has 0 aromatic heterocycles. The van der Waals surface area contributed by atoms with Crippen LogP contribution in [0.1, 0.15) is 5.56 Å². The van der Waals surface area contributed by atoms with Crippen LogP contribution in [0.25, 0.3) is 0 Å². The molecule has 1 spiro atoms. The number of carbonyl (C=O) groups excluding carboxylic acids is 3. The molecule has 0 saturated carbocycles. The molecule has 9 heteroatoms. The number of amides is 4. The highest BCUT2D eigenvalue weighted by Gasteiger charge is 2.65. The molecule has 4 amide bonds. The van der Waals surface area contributed by atoms with Gasteiger partial charge in [-0.1, -0.05) is 18.2 Å². The zero-order chi connectivity index (χ0) is 17.1. The summed E-state index contributed by atoms with van der Waals surface area (Å²) in [7, 11) is 0. The first kappa shape index (κ1) is 14.1. The fraction of sp³-hybridized carbons (Fsp3) is 0.200. The Morgan fingerprint density at radius 2 is 1.96 bits per heavy atom. The van der Waals surface area contributed by atoms with Crippen LogP contribution in [0, 0.1) is 17.2 Å². The van der Waals surface area contributed by atoms with Crippen molar-refractivity contribution >= 4 is 23.5 Å². The van der Waals surface area contributed by atoms with Gasteiger partial charge in [0, 0.05) is 5.69 Å². The van der Waals surface area contributed by atoms with Crippen LogP contribution in [0.4, 0.5) is 10.5 Å². The third-order valence-electron chi connectivity index (χ3n) is 4.53. The van der Waals surface area contributed by atoms with Gasteiger partial charge in [-0.05, 0) is 11.6 Å². The summed E-state index contributed by atoms with van der Waals surface area (Å²) in [5.74, 6) is -2.73. The SMILES string of the molecule is N#CC1=C(N)OC2NC(=O)NC(=O)C2C12C(=O)Nc1ccccc12. The van der Waals surface area contributed by atoms with Crippen LogP contribution in [0.5, 0.6) is 0 Å². The molecule has 3 heterocycles. The molecular weight excluding hydrogens is 314 g/mol. The normalized spacial score (nSPS) is 30.5. The minimum Gasteiger partial charge on any atom is -0.454 e. The lowest BCUT2D eigenvalue weighted by Crippen LogP contribution is -2.68. The van der Waals surface area contributed by atoms with Gasteiger partial charge in [0.15, 0.2) is 6.23 Å². The fourth-order valence-electron chi connectivity index (χ4n) is 3.62. The summed E-state index contributed by atoms with van der Waals surface area (Å²) in [6, 6.07) is 7.86. The molecule has 4 rings (SSSR count). The van der Waals surface area contributed by atoms with Gasteiger partial charge in [0.2, 0.25) is 17.7 Å². The Kier molecular flexibility index (Phi) is 2.63. The number of benzene rings is 1. The van der Waals surface area contributed by atoms with Crippen LogP contribution in [-0.2, 0) is 19.7 Å². The topological polar surface area (TPSA) is 146 Å². The lowest BCUT2D eigenvalue weighted by atomic mass is 9.63. The van der Waals surface area contributed by atoms with Crippen molar-refractivity contribution in [3.05, 3.63) is 41.3 Å². The second-order valence-electron chi connectivity index (χ2n) is 5.64. The maximum absolute atomic E-state index is 12.9. The monoisotopic (exact) mass is 325 g/mol. The van der Waals surface area contributed by atoms with Crippen LogP contribution in [0.15, 0.2) is 35.7 Å². The highest BCUT2D eigenvalue weighted by molar-refractivity contribution is 6.14. The number of anilines is 1. The van der Waals surface area contributed by atoms with Crippen LogP contribution in [0.3, 0.4) is 0 Å². The maximum atomic E-state index is 12.9. The Morgan fingerprint density at radius 3 is 2.71 bits per heavy atom. The Labute approximate surface area is 135 Å². The summed E-state index contributed by atoms with van der Waals surface area (Å²) >= 11 is 0. The molecule has 0 bridgehead atoms. The third kappa shape index (κ3) is 1.49. The number of imide groups is 1. The summed E-state index contributed by atoms with van der Waals surface area (Å²) in [4.78, 5) is 37.0. The number of ether oxygens (including phenoxy) is 1. The van der Waals surface area contributed by atoms with E-state index in [1.54, 1.807) is 24.3 Å². The first-order valence-electron chi connectivity index (χ1n) is 7.09. The van der Waals surface area contributed by atoms with Crippen LogP contribution in [-0.4, -0.2) is 24.1 Å². The molecule has 1 aromatic carbocycles. The molecule has 3 aliphatic heterocycles. The number of hydrogen-bond donors (Lipinski definition) is 4. The van der Waals surface area contributed by atoms with E-state index >= 15 is 0 Å². The van der Waals surface area contributed by atoms with Crippen LogP contribution >= 0.6 is 0 Å². The lowest BCUT2D eigenvalue weighted by molar-refractivity contribution is -0.142. The predicted octanol–water partition coefficient (Wildman–Crippen LogP) is -0.618. The number of nitrogens with zero attached hydrogens (tertiary/aromatic N) is 1. The van der Waals surface area contributed by atoms with Crippen molar-refractivity contribution < 1.29 is 19.1 Å². The molecule has 120 valence electrons. The number of nitriles is 1. The highest BCUT2D eigenvalue weighted by Crippen LogP contribution is 2.52. The van der Waals surface area contributed by atoms with Crippen molar-refractivity contribution in [1.82, 2.24) is 10.6 Å². The number of rotatable bonds is 0. The number of hydrogen-bond acceptors (Lipinski definition) is 6. The predicted molar refractivity (Wildman–Crippen MR) is 78.6 cm³/mol. The van der Waals surface area contributed by atoms with E-state index in [-0.39, 0.29) is 11.5 Å². The lowest BCUT2D eigenvalue weighted by Gasteiger charge is -2.44. The molecule has 1 aromatic rings. The fourth-order valence-corrected chi connectivity index (χ4v) is 3.62. The Hall–Kier alpha value is -3.54. The Morgan fingerprint density at radius 1 is 1.21 bits per heavy atom. The van der Waals surface area contributed by atoms with Gasteiger partial charge >= 0.3 is 6.03 Å². The molecule has 3 unspecified atom stereocenters. The second-order valence-corrected chi connectivity index (χ2v) is 5.64. The van der Waals surface area contributed by atoms with Gasteiger partial charge in [0.1, 0.15) is 23.0 Å². The number of carbonyl (C=O) groups is 3. The second kappa shape index (κ2) is 4.48. The average molecular weight is 325 g/mol. The molecule has 24 heavy (non-hydrogen) atoms. The highest BCUT2D eigenvalue weighted by atomic mass is 16.5. The van der Waals surface area contributed by atoms with Gasteiger partial charge in [-0.15, -0.1) is 0 Å². The standard InChI is InChI=1S/C15H11N5O4/c16-5-7-10(17)24-12-9(11(21)19-14(23)20-12)15(7)6-3-1-2-4-8(6)18-13(15)22/h1-4,9,12H,17H2,(H,18,22)(H2,19,20,21,23). The Bertz CT molecular complexity index is 886. The smallest absolute Gasteiger partial charge is 0.324 e. The van der Waals surface area contributed by atoms with E-state index in [0.29, 0.717) is 11.3 Å². The van der Waals surface area contributed by atoms with E-state index in [1.165, 1.54) is 0 Å². The molecular formula is C15H11N5O4. The number of nitrogens with two attached hydrogens (primary N) is 1. The van der Waals surface area contributed by atoms with Gasteiger partial charge in [-0.2, -0.15) is 5.26 Å². The van der Waals surface area contributed by atoms with Crippen molar-refractivity contribution in [2.45, 2.75) is 11.6 Å². The van der Waals surface area contributed by atoms with Gasteiger partial charge in [0.25, 0.3) is 0 Å². The van der Waals surface area contributed by atoms with Crippen molar-refractivity contribution in [3.63, 3.8) is 0 Å². The van der Waals surface area contributed by atoms with Crippen LogP contribution in [0.2, 0.25) is 0 Å². The molecule has 1 fully saturated rings. The number of fused-ring (bicyclic) bond motifs is 4. The molecule has 3 aliphatic rings. The quantitative estimate of drug-likeness (QED) is 0.500. The van der Waals surface area contributed by atoms with Gasteiger partial charge < -0.3 is 21.1 Å². The number of para-hydroxylation sites is 1. The molecule has 3 atom stereocenters. The van der Waals surface area contributed by atoms with Gasteiger partial charge in [-0.25, -0.2) is 4.79 Å². The van der Waals surface area contributed by atoms with E-state index in [2.05, 4.69) is 16.0 Å². The van der Waals surface area contributed by atoms with Crippen molar-refractivity contribution in [2.75, 3.05) is 5.32 Å². The van der Waals surface area contributed by atoms with E-state index in [0.717, 1.165) is 0 Å². The van der Waals surface area contributed by atoms with Crippen LogP contribution < -0.4 is 21.7 Å². The molecule has 0 aliphatic carbocycles. The van der Waals surface area contributed by atoms with Gasteiger partial charge in [0.05, 0.1) is 0 Å². The summed E-state index contributed by atoms with van der Waals surface area (Å²) in [6.07, 6.45) is -1.15. The Balaban J connectivity index is 2.05. The number of urea groups is 1. The molecule has 1 saturated heterocycles. The largest absolute Gasteiger partial charge is 0.454 e. The number of nitrogens with one attached hydrogen (secondary N) is 3. The first-order valence-corrected chi connectivity index (χ1v) is 7.09. The zero-order valence-corrected chi connectivity index (χ0v) is 12.1. The van der Waals surface area contributed by atoms with E-state index in [9.17, 15) is 19.6 Å². The minimum atomic E-state index is -1.66. The van der Waals surface area contributed by atoms with E-state index < -0.39 is 35.4 Å². The summed E-state index contributed by atoms with van der Waals surface area (Å²) < 4.78 is 5.35. The minimum absolute atomic E-state index is 0.155. The van der Waals surface area contributed by atoms with Crippen molar-refractivity contribution in [3.8, 4) is 6.07 Å². The van der Waals surface area contributed by atoms with E-state index in [4.69, 9.17) is 10.5 Å². The molecule has 0 radical (unpaired) electrons. The molecule has 9 nitrogen and oxygen atoms in total. The summed E-state index contributed by atoms with van der Waals surface area (Å²) in [6.45, 7) is 0. The van der Waals surface area contributed by atoms with Crippen molar-refractivity contribution in [1.29, 1.82) is 5.26 Å². The van der Waals surface area contributed by atoms with E-state index in [1.807, 2.05) is 6.07 Å². The zero-order valence-electron chi connectivity index (χ0n) is 12.1. The summed E-state index contributed by atoms with van der Waals surface area (Å²) in [5, 5.41) is 16.8.